The van der Waals surface area contributed by atoms with E-state index in [2.05, 4.69) is 64.2 Å². The lowest BCUT2D eigenvalue weighted by atomic mass is 10.0. The van der Waals surface area contributed by atoms with E-state index in [1.807, 2.05) is 18.3 Å². The minimum Gasteiger partial charge on any atom is -0.352 e. The number of hydrogen-bond acceptors (Lipinski definition) is 5. The van der Waals surface area contributed by atoms with Crippen LogP contribution in [0.15, 0.2) is 67.0 Å². The van der Waals surface area contributed by atoms with Crippen molar-refractivity contribution in [3.05, 3.63) is 83.7 Å². The summed E-state index contributed by atoms with van der Waals surface area (Å²) in [6.07, 6.45) is 5.49. The highest BCUT2D eigenvalue weighted by atomic mass is 16.1. The Morgan fingerprint density at radius 2 is 1.69 bits per heavy atom. The van der Waals surface area contributed by atoms with Crippen LogP contribution in [0.25, 0.3) is 16.8 Å². The molecule has 4 aromatic rings. The highest BCUT2D eigenvalue weighted by molar-refractivity contribution is 5.98. The van der Waals surface area contributed by atoms with Crippen molar-refractivity contribution in [2.24, 2.45) is 0 Å². The molecule has 0 aliphatic carbocycles. The van der Waals surface area contributed by atoms with E-state index in [9.17, 15) is 4.79 Å². The molecule has 0 spiro atoms. The van der Waals surface area contributed by atoms with E-state index in [-0.39, 0.29) is 0 Å². The Labute approximate surface area is 188 Å². The van der Waals surface area contributed by atoms with Gasteiger partial charge in [-0.15, -0.1) is 0 Å². The van der Waals surface area contributed by atoms with Crippen LogP contribution < -0.4 is 4.90 Å². The molecule has 0 bridgehead atoms. The van der Waals surface area contributed by atoms with Crippen LogP contribution >= 0.6 is 0 Å². The zero-order chi connectivity index (χ0) is 21.9. The number of aryl methyl sites for hydroxylation is 1. The fourth-order valence-corrected chi connectivity index (χ4v) is 4.42. The molecule has 6 nitrogen and oxygen atoms in total. The van der Waals surface area contributed by atoms with Crippen LogP contribution in [0.5, 0.6) is 0 Å². The van der Waals surface area contributed by atoms with Crippen LogP contribution in [0.1, 0.15) is 28.4 Å². The first-order chi connectivity index (χ1) is 15.8. The molecule has 1 saturated heterocycles. The molecule has 0 amide bonds. The van der Waals surface area contributed by atoms with E-state index >= 15 is 0 Å². The van der Waals surface area contributed by atoms with Crippen molar-refractivity contribution in [1.29, 1.82) is 0 Å². The number of fused-ring (bicyclic) bond motifs is 1. The fourth-order valence-electron chi connectivity index (χ4n) is 4.42. The molecule has 0 saturated carbocycles. The molecule has 0 atom stereocenters. The Morgan fingerprint density at radius 3 is 2.38 bits per heavy atom. The lowest BCUT2D eigenvalue weighted by Crippen LogP contribution is -2.46. The number of piperazine rings is 1. The van der Waals surface area contributed by atoms with Crippen LogP contribution in [-0.2, 0) is 13.0 Å². The van der Waals surface area contributed by atoms with Gasteiger partial charge in [-0.25, -0.2) is 9.50 Å². The highest BCUT2D eigenvalue weighted by Crippen LogP contribution is 2.30. The summed E-state index contributed by atoms with van der Waals surface area (Å²) in [7, 11) is 0. The third kappa shape index (κ3) is 3.89. The molecule has 5 rings (SSSR count). The van der Waals surface area contributed by atoms with Crippen LogP contribution in [-0.4, -0.2) is 52.0 Å². The van der Waals surface area contributed by atoms with E-state index in [1.54, 1.807) is 10.7 Å². The van der Waals surface area contributed by atoms with Crippen molar-refractivity contribution in [1.82, 2.24) is 19.5 Å². The third-order valence-corrected chi connectivity index (χ3v) is 6.24. The van der Waals surface area contributed by atoms with Crippen molar-refractivity contribution in [3.8, 4) is 11.3 Å². The Hall–Kier alpha value is -3.51. The summed E-state index contributed by atoms with van der Waals surface area (Å²) < 4.78 is 1.80. The first kappa shape index (κ1) is 20.4. The van der Waals surface area contributed by atoms with Gasteiger partial charge in [0.2, 0.25) is 0 Å². The zero-order valence-corrected chi connectivity index (χ0v) is 18.3. The molecule has 0 radical (unpaired) electrons. The highest BCUT2D eigenvalue weighted by Gasteiger charge is 2.24. The molecule has 2 aromatic heterocycles. The van der Waals surface area contributed by atoms with Gasteiger partial charge in [-0.2, -0.15) is 5.10 Å². The molecule has 1 fully saturated rings. The maximum Gasteiger partial charge on any atom is 0.155 e. The molecule has 1 aliphatic rings. The molecule has 2 aromatic carbocycles. The Morgan fingerprint density at radius 1 is 0.938 bits per heavy atom. The summed E-state index contributed by atoms with van der Waals surface area (Å²) in [4.78, 5) is 21.6. The van der Waals surface area contributed by atoms with Crippen molar-refractivity contribution >= 4 is 17.6 Å². The number of aromatic nitrogens is 3. The normalized spacial score (nSPS) is 14.7. The van der Waals surface area contributed by atoms with Crippen LogP contribution in [0.3, 0.4) is 0 Å². The minimum absolute atomic E-state index is 0.601. The average Bonchev–Trinajstić information content (AvgIpc) is 3.24. The lowest BCUT2D eigenvalue weighted by molar-refractivity contribution is 0.112. The summed E-state index contributed by atoms with van der Waals surface area (Å²) in [5.74, 6) is 0.831. The first-order valence-electron chi connectivity index (χ1n) is 11.2. The minimum atomic E-state index is 0.601. The first-order valence-corrected chi connectivity index (χ1v) is 11.2. The third-order valence-electron chi connectivity index (χ3n) is 6.24. The molecular formula is C26H27N5O. The van der Waals surface area contributed by atoms with Gasteiger partial charge in [-0.3, -0.25) is 9.69 Å². The topological polar surface area (TPSA) is 53.7 Å². The molecule has 162 valence electrons. The Bertz CT molecular complexity index is 1210. The quantitative estimate of drug-likeness (QED) is 0.436. The van der Waals surface area contributed by atoms with Crippen LogP contribution in [0.4, 0.5) is 5.82 Å². The molecular weight excluding hydrogens is 398 g/mol. The predicted octanol–water partition coefficient (Wildman–Crippen LogP) is 4.09. The molecule has 6 heteroatoms. The zero-order valence-electron chi connectivity index (χ0n) is 18.3. The number of nitrogens with zero attached hydrogens (tertiary/aromatic N) is 5. The smallest absolute Gasteiger partial charge is 0.155 e. The molecule has 1 aliphatic heterocycles. The van der Waals surface area contributed by atoms with Gasteiger partial charge in [-0.05, 0) is 17.5 Å². The van der Waals surface area contributed by atoms with Crippen molar-refractivity contribution in [2.75, 3.05) is 31.1 Å². The molecule has 3 heterocycles. The van der Waals surface area contributed by atoms with E-state index in [0.29, 0.717) is 11.3 Å². The van der Waals surface area contributed by atoms with Crippen molar-refractivity contribution in [3.63, 3.8) is 0 Å². The van der Waals surface area contributed by atoms with Gasteiger partial charge in [0.15, 0.2) is 12.1 Å². The lowest BCUT2D eigenvalue weighted by Gasteiger charge is -2.35. The van der Waals surface area contributed by atoms with Gasteiger partial charge in [-0.1, -0.05) is 61.5 Å². The van der Waals surface area contributed by atoms with Crippen molar-refractivity contribution < 1.29 is 4.79 Å². The fraction of sp³-hybridized carbons (Fsp3) is 0.269. The van der Waals surface area contributed by atoms with E-state index < -0.39 is 0 Å². The summed E-state index contributed by atoms with van der Waals surface area (Å²) in [5, 5.41) is 4.74. The number of carbonyl (C=O) groups excluding carboxylic acids is 1. The van der Waals surface area contributed by atoms with E-state index in [1.165, 1.54) is 11.1 Å². The van der Waals surface area contributed by atoms with Gasteiger partial charge in [0.1, 0.15) is 11.2 Å². The second-order valence-corrected chi connectivity index (χ2v) is 8.22. The van der Waals surface area contributed by atoms with E-state index in [0.717, 1.165) is 62.3 Å². The SMILES string of the molecule is CCc1ccc(-c2nn3ccnc(N4CCN(Cc5ccccc5)CC4)c3c2C=O)cc1. The summed E-state index contributed by atoms with van der Waals surface area (Å²) in [5.41, 5.74) is 5.64. The molecule has 0 unspecified atom stereocenters. The average molecular weight is 426 g/mol. The summed E-state index contributed by atoms with van der Waals surface area (Å²) in [6.45, 7) is 6.72. The summed E-state index contributed by atoms with van der Waals surface area (Å²) in [6, 6.07) is 18.9. The molecule has 32 heavy (non-hydrogen) atoms. The largest absolute Gasteiger partial charge is 0.352 e. The second kappa shape index (κ2) is 8.93. The number of anilines is 1. The van der Waals surface area contributed by atoms with Crippen LogP contribution in [0.2, 0.25) is 0 Å². The Kier molecular flexibility index (Phi) is 5.69. The molecule has 0 N–H and O–H groups in total. The van der Waals surface area contributed by atoms with E-state index in [4.69, 9.17) is 5.10 Å². The maximum atomic E-state index is 12.2. The number of aldehydes is 1. The number of rotatable bonds is 6. The van der Waals surface area contributed by atoms with Gasteiger partial charge in [0.25, 0.3) is 0 Å². The monoisotopic (exact) mass is 425 g/mol. The Balaban J connectivity index is 1.42. The van der Waals surface area contributed by atoms with Gasteiger partial charge < -0.3 is 4.90 Å². The number of carbonyl (C=O) groups is 1. The van der Waals surface area contributed by atoms with Gasteiger partial charge in [0.05, 0.1) is 5.56 Å². The summed E-state index contributed by atoms with van der Waals surface area (Å²) >= 11 is 0. The van der Waals surface area contributed by atoms with Gasteiger partial charge >= 0.3 is 0 Å². The van der Waals surface area contributed by atoms with Crippen molar-refractivity contribution in [2.45, 2.75) is 19.9 Å². The van der Waals surface area contributed by atoms with Crippen LogP contribution in [0, 0.1) is 0 Å². The maximum absolute atomic E-state index is 12.2. The predicted molar refractivity (Wildman–Crippen MR) is 127 cm³/mol. The number of benzene rings is 2. The van der Waals surface area contributed by atoms with Gasteiger partial charge in [0, 0.05) is 50.7 Å². The number of hydrogen-bond donors (Lipinski definition) is 0. The second-order valence-electron chi connectivity index (χ2n) is 8.22. The standard InChI is InChI=1S/C26H27N5O/c1-2-20-8-10-22(11-9-20)24-23(19-32)25-26(27-12-13-31(25)28-24)30-16-14-29(15-17-30)18-21-6-4-3-5-7-21/h3-13,19H,2,14-18H2,1H3.